The number of anilines is 1. The number of benzene rings is 3. The lowest BCUT2D eigenvalue weighted by molar-refractivity contribution is -0.119. The molecule has 6 rings (SSSR count). The molecule has 0 spiro atoms. The van der Waals surface area contributed by atoms with E-state index < -0.39 is 5.97 Å². The number of nitrogens with one attached hydrogen (secondary N) is 1. The van der Waals surface area contributed by atoms with E-state index in [-0.39, 0.29) is 12.5 Å². The summed E-state index contributed by atoms with van der Waals surface area (Å²) in [6, 6.07) is 21.8. The summed E-state index contributed by atoms with van der Waals surface area (Å²) >= 11 is 0. The van der Waals surface area contributed by atoms with Crippen molar-refractivity contribution in [2.75, 3.05) is 25.0 Å². The Kier molecular flexibility index (Phi) is 6.75. The van der Waals surface area contributed by atoms with Crippen LogP contribution in [0.15, 0.2) is 66.7 Å². The Hall–Kier alpha value is -4.23. The molecule has 0 bridgehead atoms. The number of hydrogen-bond donors (Lipinski definition) is 1. The van der Waals surface area contributed by atoms with Gasteiger partial charge in [0.15, 0.2) is 6.61 Å². The van der Waals surface area contributed by atoms with E-state index in [0.29, 0.717) is 17.8 Å². The van der Waals surface area contributed by atoms with E-state index in [0.717, 1.165) is 76.4 Å². The molecule has 3 aromatic carbocycles. The molecule has 0 saturated carbocycles. The first-order chi connectivity index (χ1) is 19.1. The van der Waals surface area contributed by atoms with Gasteiger partial charge in [0, 0.05) is 70.2 Å². The lowest BCUT2D eigenvalue weighted by Crippen LogP contribution is -2.33. The molecular formula is C32H32N4O3. The fourth-order valence-electron chi connectivity index (χ4n) is 5.86. The third-order valence-corrected chi connectivity index (χ3v) is 7.58. The van der Waals surface area contributed by atoms with Gasteiger partial charge in [-0.1, -0.05) is 43.3 Å². The van der Waals surface area contributed by atoms with Gasteiger partial charge in [-0.2, -0.15) is 0 Å². The van der Waals surface area contributed by atoms with Gasteiger partial charge in [-0.05, 0) is 50.2 Å². The zero-order valence-electron chi connectivity index (χ0n) is 22.4. The Bertz CT molecular complexity index is 1720. The summed E-state index contributed by atoms with van der Waals surface area (Å²) in [6.45, 7) is 7.31. The second kappa shape index (κ2) is 10.5. The molecule has 5 aromatic rings. The van der Waals surface area contributed by atoms with Crippen LogP contribution >= 0.6 is 0 Å². The molecule has 1 amide bonds. The number of aromatic nitrogens is 2. The summed E-state index contributed by atoms with van der Waals surface area (Å²) in [6.07, 6.45) is 1.83. The predicted octanol–water partition coefficient (Wildman–Crippen LogP) is 5.93. The van der Waals surface area contributed by atoms with Gasteiger partial charge in [-0.3, -0.25) is 14.7 Å². The fourth-order valence-corrected chi connectivity index (χ4v) is 5.86. The van der Waals surface area contributed by atoms with Crippen LogP contribution in [0.4, 0.5) is 5.69 Å². The lowest BCUT2D eigenvalue weighted by Gasteiger charge is -2.29. The van der Waals surface area contributed by atoms with E-state index in [1.807, 2.05) is 54.6 Å². The second-order valence-electron chi connectivity index (χ2n) is 10.1. The molecule has 0 aliphatic carbocycles. The van der Waals surface area contributed by atoms with Crippen molar-refractivity contribution in [2.45, 2.75) is 39.8 Å². The minimum Gasteiger partial charge on any atom is -0.452 e. The number of fused-ring (bicyclic) bond motifs is 5. The summed E-state index contributed by atoms with van der Waals surface area (Å²) in [5, 5.41) is 5.89. The van der Waals surface area contributed by atoms with Gasteiger partial charge in [-0.25, -0.2) is 4.79 Å². The number of nitrogens with zero attached hydrogens (tertiary/aromatic N) is 3. The van der Waals surface area contributed by atoms with Crippen molar-refractivity contribution in [1.29, 1.82) is 0 Å². The van der Waals surface area contributed by atoms with Crippen molar-refractivity contribution in [2.24, 2.45) is 0 Å². The normalized spacial score (nSPS) is 13.6. The van der Waals surface area contributed by atoms with Crippen LogP contribution in [0.5, 0.6) is 0 Å². The maximum Gasteiger partial charge on any atom is 0.339 e. The van der Waals surface area contributed by atoms with E-state index in [1.54, 1.807) is 0 Å². The van der Waals surface area contributed by atoms with Gasteiger partial charge in [0.2, 0.25) is 0 Å². The van der Waals surface area contributed by atoms with Crippen LogP contribution in [-0.2, 0) is 29.0 Å². The van der Waals surface area contributed by atoms with E-state index in [2.05, 4.69) is 40.8 Å². The molecule has 3 heterocycles. The highest BCUT2D eigenvalue weighted by Crippen LogP contribution is 2.31. The molecule has 0 fully saturated rings. The maximum absolute atomic E-state index is 13.5. The van der Waals surface area contributed by atoms with Gasteiger partial charge in [-0.15, -0.1) is 0 Å². The van der Waals surface area contributed by atoms with Crippen molar-refractivity contribution in [3.05, 3.63) is 83.6 Å². The Morgan fingerprint density at radius 3 is 2.54 bits per heavy atom. The molecule has 1 aliphatic rings. The summed E-state index contributed by atoms with van der Waals surface area (Å²) < 4.78 is 7.87. The first kappa shape index (κ1) is 25.1. The van der Waals surface area contributed by atoms with E-state index in [4.69, 9.17) is 9.72 Å². The molecule has 1 aliphatic heterocycles. The van der Waals surface area contributed by atoms with Gasteiger partial charge in [0.1, 0.15) is 0 Å². The minimum absolute atomic E-state index is 0.363. The third kappa shape index (κ3) is 4.63. The number of aryl methyl sites for hydroxylation is 1. The molecule has 7 heteroatoms. The fraction of sp³-hybridized carbons (Fsp3) is 0.281. The number of ether oxygens (including phenoxy) is 1. The van der Waals surface area contributed by atoms with Crippen molar-refractivity contribution in [3.63, 3.8) is 0 Å². The summed E-state index contributed by atoms with van der Waals surface area (Å²) in [5.41, 5.74) is 6.11. The van der Waals surface area contributed by atoms with Crippen molar-refractivity contribution in [1.82, 2.24) is 14.5 Å². The number of carbonyl (C=O) groups excluding carboxylic acids is 2. The SMILES string of the molecule is CCCN1CCc2nc3ccccc3c(C(=O)OCC(=O)Nc3ccc4c(c3)c3ccccc3n4CC)c2C1. The topological polar surface area (TPSA) is 76.5 Å². The Balaban J connectivity index is 1.23. The Morgan fingerprint density at radius 1 is 0.949 bits per heavy atom. The molecule has 7 nitrogen and oxygen atoms in total. The molecular weight excluding hydrogens is 488 g/mol. The smallest absolute Gasteiger partial charge is 0.339 e. The molecule has 0 unspecified atom stereocenters. The zero-order chi connectivity index (χ0) is 26.9. The molecule has 39 heavy (non-hydrogen) atoms. The number of rotatable bonds is 7. The molecule has 198 valence electrons. The predicted molar refractivity (Wildman–Crippen MR) is 155 cm³/mol. The second-order valence-corrected chi connectivity index (χ2v) is 10.1. The molecule has 2 aromatic heterocycles. The van der Waals surface area contributed by atoms with Gasteiger partial charge in [0.05, 0.1) is 11.1 Å². The average Bonchev–Trinajstić information content (AvgIpc) is 3.28. The molecule has 0 atom stereocenters. The number of esters is 1. The third-order valence-electron chi connectivity index (χ3n) is 7.58. The average molecular weight is 521 g/mol. The van der Waals surface area contributed by atoms with E-state index >= 15 is 0 Å². The summed E-state index contributed by atoms with van der Waals surface area (Å²) in [4.78, 5) is 33.5. The molecule has 1 N–H and O–H groups in total. The van der Waals surface area contributed by atoms with Gasteiger partial charge >= 0.3 is 5.97 Å². The van der Waals surface area contributed by atoms with E-state index in [9.17, 15) is 9.59 Å². The quantitative estimate of drug-likeness (QED) is 0.269. The van der Waals surface area contributed by atoms with Crippen LogP contribution in [0.25, 0.3) is 32.7 Å². The number of para-hydroxylation sites is 2. The van der Waals surface area contributed by atoms with Crippen molar-refractivity contribution >= 4 is 50.3 Å². The van der Waals surface area contributed by atoms with Crippen LogP contribution in [0, 0.1) is 0 Å². The number of amides is 1. The molecule has 0 radical (unpaired) electrons. The van der Waals surface area contributed by atoms with Gasteiger partial charge < -0.3 is 14.6 Å². The summed E-state index contributed by atoms with van der Waals surface area (Å²) in [7, 11) is 0. The highest BCUT2D eigenvalue weighted by molar-refractivity contribution is 6.10. The first-order valence-electron chi connectivity index (χ1n) is 13.7. The summed E-state index contributed by atoms with van der Waals surface area (Å²) in [5.74, 6) is -0.860. The maximum atomic E-state index is 13.5. The monoisotopic (exact) mass is 520 g/mol. The largest absolute Gasteiger partial charge is 0.452 e. The number of hydrogen-bond acceptors (Lipinski definition) is 5. The van der Waals surface area contributed by atoms with E-state index in [1.165, 1.54) is 0 Å². The first-order valence-corrected chi connectivity index (χ1v) is 13.7. The highest BCUT2D eigenvalue weighted by atomic mass is 16.5. The molecule has 0 saturated heterocycles. The standard InChI is InChI=1S/C32H32N4O3/c1-3-16-35-17-15-27-25(19-35)31(23-10-5-7-11-26(23)34-27)32(38)39-20-30(37)33-21-13-14-29-24(18-21)22-9-6-8-12-28(22)36(29)4-2/h5-14,18H,3-4,15-17,19-20H2,1-2H3,(H,33,37). The van der Waals surface area contributed by atoms with Crippen LogP contribution in [0.1, 0.15) is 41.9 Å². The van der Waals surface area contributed by atoms with Crippen molar-refractivity contribution in [3.8, 4) is 0 Å². The minimum atomic E-state index is -0.486. The van der Waals surface area contributed by atoms with Crippen LogP contribution in [-0.4, -0.2) is 46.0 Å². The van der Waals surface area contributed by atoms with Crippen LogP contribution in [0.2, 0.25) is 0 Å². The van der Waals surface area contributed by atoms with Crippen LogP contribution in [0.3, 0.4) is 0 Å². The number of pyridine rings is 1. The Morgan fingerprint density at radius 2 is 1.72 bits per heavy atom. The zero-order valence-corrected chi connectivity index (χ0v) is 22.4. The lowest BCUT2D eigenvalue weighted by atomic mass is 9.95. The highest BCUT2D eigenvalue weighted by Gasteiger charge is 2.26. The van der Waals surface area contributed by atoms with Crippen LogP contribution < -0.4 is 5.32 Å². The van der Waals surface area contributed by atoms with Crippen molar-refractivity contribution < 1.29 is 14.3 Å². The van der Waals surface area contributed by atoms with Gasteiger partial charge in [0.25, 0.3) is 5.91 Å². The Labute approximate surface area is 227 Å². The number of carbonyl (C=O) groups is 2.